The molecule has 1 aromatic rings. The third-order valence-electron chi connectivity index (χ3n) is 4.54. The maximum absolute atomic E-state index is 9.32. The van der Waals surface area contributed by atoms with Crippen LogP contribution < -0.4 is 0 Å². The van der Waals surface area contributed by atoms with Gasteiger partial charge in [0.05, 0.1) is 0 Å². The van der Waals surface area contributed by atoms with Crippen LogP contribution in [0.15, 0.2) is 24.3 Å². The number of phenolic OH excluding ortho intramolecular Hbond substituents is 1. The fourth-order valence-corrected chi connectivity index (χ4v) is 3.00. The number of benzene rings is 1. The molecule has 2 rings (SSSR count). The molecular weight excluding hydrogens is 234 g/mol. The second kappa shape index (κ2) is 5.54. The number of hydrogen-bond acceptors (Lipinski definition) is 2. The molecule has 106 valence electrons. The second-order valence-corrected chi connectivity index (χ2v) is 7.07. The zero-order chi connectivity index (χ0) is 14.0. The smallest absolute Gasteiger partial charge is 0.115 e. The Morgan fingerprint density at radius 3 is 2.42 bits per heavy atom. The Bertz CT molecular complexity index is 404. The lowest BCUT2D eigenvalue weighted by Crippen LogP contribution is -2.34. The van der Waals surface area contributed by atoms with Crippen LogP contribution in [0.1, 0.15) is 39.7 Å². The minimum Gasteiger partial charge on any atom is -0.508 e. The Balaban J connectivity index is 1.91. The molecule has 0 amide bonds. The molecule has 1 aliphatic rings. The molecule has 1 heterocycles. The molecule has 1 fully saturated rings. The summed E-state index contributed by atoms with van der Waals surface area (Å²) in [7, 11) is 0. The van der Waals surface area contributed by atoms with Crippen molar-refractivity contribution >= 4 is 0 Å². The highest BCUT2D eigenvalue weighted by atomic mass is 16.3. The maximum Gasteiger partial charge on any atom is 0.115 e. The Morgan fingerprint density at radius 1 is 1.26 bits per heavy atom. The molecule has 0 radical (unpaired) electrons. The Morgan fingerprint density at radius 2 is 1.89 bits per heavy atom. The first-order chi connectivity index (χ1) is 8.86. The molecule has 2 atom stereocenters. The van der Waals surface area contributed by atoms with Crippen molar-refractivity contribution in [2.75, 3.05) is 13.1 Å². The minimum absolute atomic E-state index is 0.352. The van der Waals surface area contributed by atoms with E-state index in [-0.39, 0.29) is 0 Å². The standard InChI is InChI=1S/C17H27NO/c1-13(11-14-5-7-16(19)8-6-14)18-10-9-15(12-18)17(2,3)4/h5-8,13,15,19H,9-12H2,1-4H3. The molecule has 1 saturated heterocycles. The lowest BCUT2D eigenvalue weighted by molar-refractivity contribution is 0.201. The van der Waals surface area contributed by atoms with Crippen molar-refractivity contribution in [3.63, 3.8) is 0 Å². The lowest BCUT2D eigenvalue weighted by Gasteiger charge is -2.29. The van der Waals surface area contributed by atoms with Crippen molar-refractivity contribution in [3.05, 3.63) is 29.8 Å². The number of likely N-dealkylation sites (tertiary alicyclic amines) is 1. The normalized spacial score (nSPS) is 22.6. The fourth-order valence-electron chi connectivity index (χ4n) is 3.00. The van der Waals surface area contributed by atoms with Gasteiger partial charge < -0.3 is 10.0 Å². The first-order valence-corrected chi connectivity index (χ1v) is 7.38. The summed E-state index contributed by atoms with van der Waals surface area (Å²) in [5.74, 6) is 1.17. The molecule has 1 N–H and O–H groups in total. The second-order valence-electron chi connectivity index (χ2n) is 7.07. The fraction of sp³-hybridized carbons (Fsp3) is 0.647. The summed E-state index contributed by atoms with van der Waals surface area (Å²) in [5.41, 5.74) is 1.73. The van der Waals surface area contributed by atoms with Gasteiger partial charge >= 0.3 is 0 Å². The van der Waals surface area contributed by atoms with Crippen LogP contribution in [0, 0.1) is 11.3 Å². The average Bonchev–Trinajstić information content (AvgIpc) is 2.81. The van der Waals surface area contributed by atoms with E-state index in [2.05, 4.69) is 32.6 Å². The van der Waals surface area contributed by atoms with E-state index in [4.69, 9.17) is 0 Å². The Hall–Kier alpha value is -1.02. The number of phenols is 1. The zero-order valence-electron chi connectivity index (χ0n) is 12.7. The summed E-state index contributed by atoms with van der Waals surface area (Å²) >= 11 is 0. The van der Waals surface area contributed by atoms with Gasteiger partial charge in [-0.1, -0.05) is 32.9 Å². The third-order valence-corrected chi connectivity index (χ3v) is 4.54. The van der Waals surface area contributed by atoms with E-state index in [9.17, 15) is 5.11 Å². The molecule has 2 nitrogen and oxygen atoms in total. The highest BCUT2D eigenvalue weighted by Crippen LogP contribution is 2.34. The van der Waals surface area contributed by atoms with E-state index in [0.29, 0.717) is 17.2 Å². The molecule has 0 aliphatic carbocycles. The predicted molar refractivity (Wildman–Crippen MR) is 80.4 cm³/mol. The van der Waals surface area contributed by atoms with Gasteiger partial charge in [0.1, 0.15) is 5.75 Å². The van der Waals surface area contributed by atoms with E-state index < -0.39 is 0 Å². The molecular formula is C17H27NO. The highest BCUT2D eigenvalue weighted by Gasteiger charge is 2.33. The monoisotopic (exact) mass is 261 g/mol. The average molecular weight is 261 g/mol. The first-order valence-electron chi connectivity index (χ1n) is 7.38. The molecule has 2 unspecified atom stereocenters. The van der Waals surface area contributed by atoms with Crippen molar-refractivity contribution in [2.24, 2.45) is 11.3 Å². The van der Waals surface area contributed by atoms with Crippen LogP contribution in [0.25, 0.3) is 0 Å². The third kappa shape index (κ3) is 3.73. The van der Waals surface area contributed by atoms with Crippen LogP contribution >= 0.6 is 0 Å². The number of aromatic hydroxyl groups is 1. The SMILES string of the molecule is CC(Cc1ccc(O)cc1)N1CCC(C(C)(C)C)C1. The quantitative estimate of drug-likeness (QED) is 0.897. The van der Waals surface area contributed by atoms with Gasteiger partial charge in [-0.05, 0) is 55.3 Å². The number of nitrogens with zero attached hydrogens (tertiary/aromatic N) is 1. The zero-order valence-corrected chi connectivity index (χ0v) is 12.7. The lowest BCUT2D eigenvalue weighted by atomic mass is 9.80. The van der Waals surface area contributed by atoms with Gasteiger partial charge in [0, 0.05) is 12.6 Å². The summed E-state index contributed by atoms with van der Waals surface area (Å²) in [4.78, 5) is 2.61. The molecule has 0 aromatic heterocycles. The van der Waals surface area contributed by atoms with Crippen molar-refractivity contribution < 1.29 is 5.11 Å². The molecule has 0 saturated carbocycles. The number of hydrogen-bond donors (Lipinski definition) is 1. The van der Waals surface area contributed by atoms with Gasteiger partial charge in [-0.15, -0.1) is 0 Å². The summed E-state index contributed by atoms with van der Waals surface area (Å²) in [6.07, 6.45) is 2.39. The van der Waals surface area contributed by atoms with Gasteiger partial charge in [-0.25, -0.2) is 0 Å². The summed E-state index contributed by atoms with van der Waals surface area (Å²) < 4.78 is 0. The minimum atomic E-state index is 0.352. The molecule has 0 spiro atoms. The summed E-state index contributed by atoms with van der Waals surface area (Å²) in [6.45, 7) is 11.8. The molecule has 1 aliphatic heterocycles. The van der Waals surface area contributed by atoms with Gasteiger partial charge in [0.15, 0.2) is 0 Å². The van der Waals surface area contributed by atoms with Gasteiger partial charge in [0.25, 0.3) is 0 Å². The van der Waals surface area contributed by atoms with E-state index in [0.717, 1.165) is 12.3 Å². The van der Waals surface area contributed by atoms with Gasteiger partial charge in [-0.3, -0.25) is 0 Å². The van der Waals surface area contributed by atoms with Crippen molar-refractivity contribution in [1.29, 1.82) is 0 Å². The summed E-state index contributed by atoms with van der Waals surface area (Å²) in [5, 5.41) is 9.32. The Labute approximate surface area is 117 Å². The van der Waals surface area contributed by atoms with Gasteiger partial charge in [0.2, 0.25) is 0 Å². The van der Waals surface area contributed by atoms with E-state index in [1.165, 1.54) is 25.1 Å². The van der Waals surface area contributed by atoms with Gasteiger partial charge in [-0.2, -0.15) is 0 Å². The number of rotatable bonds is 3. The van der Waals surface area contributed by atoms with E-state index >= 15 is 0 Å². The van der Waals surface area contributed by atoms with Crippen LogP contribution in [0.5, 0.6) is 5.75 Å². The van der Waals surface area contributed by atoms with Crippen LogP contribution in [-0.4, -0.2) is 29.1 Å². The highest BCUT2D eigenvalue weighted by molar-refractivity contribution is 5.26. The Kier molecular flexibility index (Phi) is 4.19. The summed E-state index contributed by atoms with van der Waals surface area (Å²) in [6, 6.07) is 8.21. The van der Waals surface area contributed by atoms with E-state index in [1.54, 1.807) is 12.1 Å². The van der Waals surface area contributed by atoms with Crippen molar-refractivity contribution in [3.8, 4) is 5.75 Å². The topological polar surface area (TPSA) is 23.5 Å². The van der Waals surface area contributed by atoms with Crippen molar-refractivity contribution in [1.82, 2.24) is 4.90 Å². The first kappa shape index (κ1) is 14.4. The predicted octanol–water partition coefficient (Wildman–Crippen LogP) is 3.69. The largest absolute Gasteiger partial charge is 0.508 e. The van der Waals surface area contributed by atoms with E-state index in [1.807, 2.05) is 12.1 Å². The molecule has 2 heteroatoms. The maximum atomic E-state index is 9.32. The molecule has 0 bridgehead atoms. The van der Waals surface area contributed by atoms with Crippen molar-refractivity contribution in [2.45, 2.75) is 46.6 Å². The molecule has 19 heavy (non-hydrogen) atoms. The van der Waals surface area contributed by atoms with Crippen LogP contribution in [0.3, 0.4) is 0 Å². The van der Waals surface area contributed by atoms with Crippen LogP contribution in [0.2, 0.25) is 0 Å². The molecule has 1 aromatic carbocycles. The van der Waals surface area contributed by atoms with Crippen LogP contribution in [-0.2, 0) is 6.42 Å². The van der Waals surface area contributed by atoms with Crippen LogP contribution in [0.4, 0.5) is 0 Å².